The molecule has 6 heteroatoms. The van der Waals surface area contributed by atoms with E-state index in [2.05, 4.69) is 41.9 Å². The summed E-state index contributed by atoms with van der Waals surface area (Å²) in [4.78, 5) is 27.0. The maximum absolute atomic E-state index is 13.5. The first kappa shape index (κ1) is 21.4. The molecule has 2 aliphatic heterocycles. The SMILES string of the molecule is COc1ccc(NC(=O)[C@H]2C[C@H](CC(C)C)[NH2+][C@]23C(=O)Nc2c(C)cc(C)cc23)cc1. The van der Waals surface area contributed by atoms with Crippen LogP contribution in [0.1, 0.15) is 43.4 Å². The number of quaternary nitrogens is 1. The van der Waals surface area contributed by atoms with E-state index in [9.17, 15) is 9.59 Å². The largest absolute Gasteiger partial charge is 0.497 e. The molecule has 0 saturated carbocycles. The molecule has 1 saturated heterocycles. The molecule has 2 heterocycles. The van der Waals surface area contributed by atoms with Crippen molar-refractivity contribution in [1.82, 2.24) is 0 Å². The van der Waals surface area contributed by atoms with E-state index in [0.717, 1.165) is 34.5 Å². The van der Waals surface area contributed by atoms with Crippen LogP contribution in [0.15, 0.2) is 36.4 Å². The third kappa shape index (κ3) is 3.69. The predicted octanol–water partition coefficient (Wildman–Crippen LogP) is 3.10. The summed E-state index contributed by atoms with van der Waals surface area (Å²) >= 11 is 0. The molecule has 0 bridgehead atoms. The molecule has 2 aliphatic rings. The maximum atomic E-state index is 13.5. The van der Waals surface area contributed by atoms with Crippen LogP contribution >= 0.6 is 0 Å². The van der Waals surface area contributed by atoms with Gasteiger partial charge in [0.05, 0.1) is 18.8 Å². The predicted molar refractivity (Wildman–Crippen MR) is 121 cm³/mol. The Morgan fingerprint density at radius 2 is 1.97 bits per heavy atom. The quantitative estimate of drug-likeness (QED) is 0.692. The molecule has 31 heavy (non-hydrogen) atoms. The van der Waals surface area contributed by atoms with Crippen LogP contribution in [-0.4, -0.2) is 25.0 Å². The van der Waals surface area contributed by atoms with Gasteiger partial charge in [0.2, 0.25) is 11.4 Å². The molecule has 0 radical (unpaired) electrons. The van der Waals surface area contributed by atoms with Crippen LogP contribution in [0.4, 0.5) is 11.4 Å². The summed E-state index contributed by atoms with van der Waals surface area (Å²) in [5.74, 6) is 0.563. The van der Waals surface area contributed by atoms with Crippen molar-refractivity contribution in [2.75, 3.05) is 17.7 Å². The van der Waals surface area contributed by atoms with Crippen LogP contribution in [0.25, 0.3) is 0 Å². The molecule has 4 N–H and O–H groups in total. The fourth-order valence-electron chi connectivity index (χ4n) is 5.34. The van der Waals surface area contributed by atoms with E-state index in [4.69, 9.17) is 4.74 Å². The van der Waals surface area contributed by atoms with E-state index in [0.29, 0.717) is 18.0 Å². The Bertz CT molecular complexity index is 1020. The second kappa shape index (κ2) is 8.00. The average molecular weight is 423 g/mol. The number of carbonyl (C=O) groups excluding carboxylic acids is 2. The average Bonchev–Trinajstić information content (AvgIpc) is 3.22. The van der Waals surface area contributed by atoms with E-state index in [1.165, 1.54) is 0 Å². The van der Waals surface area contributed by atoms with E-state index in [1.54, 1.807) is 7.11 Å². The van der Waals surface area contributed by atoms with Crippen molar-refractivity contribution in [3.63, 3.8) is 0 Å². The highest BCUT2D eigenvalue weighted by Gasteiger charge is 2.64. The molecule has 0 unspecified atom stereocenters. The number of aryl methyl sites for hydroxylation is 2. The topological polar surface area (TPSA) is 84.0 Å². The highest BCUT2D eigenvalue weighted by Crippen LogP contribution is 2.45. The second-order valence-electron chi connectivity index (χ2n) is 9.39. The van der Waals surface area contributed by atoms with Gasteiger partial charge in [-0.3, -0.25) is 9.59 Å². The van der Waals surface area contributed by atoms with E-state index >= 15 is 0 Å². The summed E-state index contributed by atoms with van der Waals surface area (Å²) in [5, 5.41) is 8.30. The first-order valence-corrected chi connectivity index (χ1v) is 11.0. The van der Waals surface area contributed by atoms with Gasteiger partial charge in [0.15, 0.2) is 0 Å². The van der Waals surface area contributed by atoms with Gasteiger partial charge in [-0.2, -0.15) is 0 Å². The molecule has 0 aliphatic carbocycles. The number of amides is 2. The molecule has 3 atom stereocenters. The number of ether oxygens (including phenoxy) is 1. The number of carbonyl (C=O) groups is 2. The number of methoxy groups -OCH3 is 1. The molecule has 4 rings (SSSR count). The van der Waals surface area contributed by atoms with Crippen LogP contribution in [0.3, 0.4) is 0 Å². The Morgan fingerprint density at radius 3 is 2.61 bits per heavy atom. The van der Waals surface area contributed by atoms with Crippen molar-refractivity contribution in [2.24, 2.45) is 11.8 Å². The number of fused-ring (bicyclic) bond motifs is 2. The zero-order valence-corrected chi connectivity index (χ0v) is 18.9. The van der Waals surface area contributed by atoms with Crippen molar-refractivity contribution >= 4 is 23.2 Å². The number of benzene rings is 2. The molecule has 2 aromatic carbocycles. The zero-order valence-electron chi connectivity index (χ0n) is 18.9. The van der Waals surface area contributed by atoms with Gasteiger partial charge in [0.25, 0.3) is 5.91 Å². The van der Waals surface area contributed by atoms with Gasteiger partial charge in [-0.1, -0.05) is 25.5 Å². The van der Waals surface area contributed by atoms with Crippen molar-refractivity contribution in [3.8, 4) is 5.75 Å². The number of anilines is 2. The molecule has 0 aromatic heterocycles. The zero-order chi connectivity index (χ0) is 22.3. The minimum absolute atomic E-state index is 0.0858. The maximum Gasteiger partial charge on any atom is 0.291 e. The normalized spacial score (nSPS) is 24.4. The first-order valence-electron chi connectivity index (χ1n) is 11.0. The van der Waals surface area contributed by atoms with Crippen molar-refractivity contribution in [1.29, 1.82) is 0 Å². The van der Waals surface area contributed by atoms with Gasteiger partial charge in [0, 0.05) is 24.1 Å². The number of hydrogen-bond donors (Lipinski definition) is 3. The fourth-order valence-corrected chi connectivity index (χ4v) is 5.34. The number of nitrogens with two attached hydrogens (primary N) is 1. The summed E-state index contributed by atoms with van der Waals surface area (Å²) in [6.45, 7) is 8.42. The highest BCUT2D eigenvalue weighted by molar-refractivity contribution is 6.10. The summed E-state index contributed by atoms with van der Waals surface area (Å²) in [5.41, 5.74) is 3.71. The van der Waals surface area contributed by atoms with Gasteiger partial charge in [-0.15, -0.1) is 0 Å². The van der Waals surface area contributed by atoms with Crippen LogP contribution < -0.4 is 20.7 Å². The van der Waals surface area contributed by atoms with Gasteiger partial charge < -0.3 is 20.7 Å². The van der Waals surface area contributed by atoms with Crippen LogP contribution in [-0.2, 0) is 15.1 Å². The lowest BCUT2D eigenvalue weighted by Crippen LogP contribution is -2.98. The van der Waals surface area contributed by atoms with Crippen LogP contribution in [0.5, 0.6) is 5.75 Å². The van der Waals surface area contributed by atoms with Gasteiger partial charge in [-0.25, -0.2) is 0 Å². The lowest BCUT2D eigenvalue weighted by molar-refractivity contribution is -0.733. The molecule has 1 spiro atoms. The second-order valence-corrected chi connectivity index (χ2v) is 9.39. The van der Waals surface area contributed by atoms with Gasteiger partial charge in [0.1, 0.15) is 11.7 Å². The summed E-state index contributed by atoms with van der Waals surface area (Å²) < 4.78 is 5.21. The highest BCUT2D eigenvalue weighted by atomic mass is 16.5. The van der Waals surface area contributed by atoms with Crippen LogP contribution in [0, 0.1) is 25.7 Å². The molecular weight excluding hydrogens is 390 g/mol. The summed E-state index contributed by atoms with van der Waals surface area (Å²) in [6.07, 6.45) is 1.63. The monoisotopic (exact) mass is 422 g/mol. The number of nitrogens with one attached hydrogen (secondary N) is 2. The number of rotatable bonds is 5. The fraction of sp³-hybridized carbons (Fsp3) is 0.440. The molecule has 2 amide bonds. The Balaban J connectivity index is 1.72. The van der Waals surface area contributed by atoms with Crippen molar-refractivity contribution < 1.29 is 19.6 Å². The van der Waals surface area contributed by atoms with Gasteiger partial charge >= 0.3 is 0 Å². The summed E-state index contributed by atoms with van der Waals surface area (Å²) in [6, 6.07) is 11.6. The standard InChI is InChI=1S/C25H31N3O3/c1-14(2)10-18-13-21(23(29)26-17-6-8-19(31-5)9-7-17)25(28-18)20-12-15(3)11-16(4)22(20)27-24(25)30/h6-9,11-12,14,18,21,28H,10,13H2,1-5H3,(H,26,29)(H,27,30)/p+1/t18-,21+,25-/m0/s1. The Morgan fingerprint density at radius 1 is 1.26 bits per heavy atom. The minimum atomic E-state index is -0.928. The third-order valence-electron chi connectivity index (χ3n) is 6.57. The number of hydrogen-bond acceptors (Lipinski definition) is 3. The van der Waals surface area contributed by atoms with E-state index in [1.807, 2.05) is 38.1 Å². The van der Waals surface area contributed by atoms with Gasteiger partial charge in [-0.05, 0) is 55.7 Å². The van der Waals surface area contributed by atoms with E-state index in [-0.39, 0.29) is 17.9 Å². The Kier molecular flexibility index (Phi) is 5.52. The van der Waals surface area contributed by atoms with Crippen LogP contribution in [0.2, 0.25) is 0 Å². The van der Waals surface area contributed by atoms with Crippen molar-refractivity contribution in [3.05, 3.63) is 53.1 Å². The first-order chi connectivity index (χ1) is 14.7. The van der Waals surface area contributed by atoms with E-state index < -0.39 is 11.5 Å². The minimum Gasteiger partial charge on any atom is -0.497 e. The lowest BCUT2D eigenvalue weighted by Gasteiger charge is -2.26. The molecule has 2 aromatic rings. The van der Waals surface area contributed by atoms with Crippen molar-refractivity contribution in [2.45, 2.75) is 52.1 Å². The molecule has 1 fully saturated rings. The summed E-state index contributed by atoms with van der Waals surface area (Å²) in [7, 11) is 1.61. The third-order valence-corrected chi connectivity index (χ3v) is 6.57. The molecule has 164 valence electrons. The Hall–Kier alpha value is -2.86. The molecule has 6 nitrogen and oxygen atoms in total. The lowest BCUT2D eigenvalue weighted by atomic mass is 9.78. The smallest absolute Gasteiger partial charge is 0.291 e. The molecular formula is C25H32N3O3+. The Labute approximate surface area is 183 Å².